The van der Waals surface area contributed by atoms with Crippen molar-refractivity contribution >= 4 is 34.8 Å². The predicted molar refractivity (Wildman–Crippen MR) is 82.5 cm³/mol. The van der Waals surface area contributed by atoms with Gasteiger partial charge in [-0.3, -0.25) is 0 Å². The van der Waals surface area contributed by atoms with Gasteiger partial charge in [0.1, 0.15) is 0 Å². The van der Waals surface area contributed by atoms with Crippen molar-refractivity contribution in [1.82, 2.24) is 0 Å². The van der Waals surface area contributed by atoms with Crippen LogP contribution < -0.4 is 24.8 Å². The minimum absolute atomic E-state index is 0. The maximum atomic E-state index is 2.36. The monoisotopic (exact) mass is 431 g/mol. The topological polar surface area (TPSA) is 0 Å². The number of thiophene rings is 2. The molecule has 0 bridgehead atoms. The number of hydrogen-bond donors (Lipinski definition) is 0. The molecule has 0 radical (unpaired) electrons. The van der Waals surface area contributed by atoms with Crippen LogP contribution in [0.1, 0.15) is 27.8 Å². The second-order valence-electron chi connectivity index (χ2n) is 4.94. The van der Waals surface area contributed by atoms with E-state index in [1.807, 2.05) is 22.7 Å². The van der Waals surface area contributed by atoms with Crippen LogP contribution in [0.15, 0.2) is 34.0 Å². The summed E-state index contributed by atoms with van der Waals surface area (Å²) in [5, 5.41) is 4.34. The Kier molecular flexibility index (Phi) is 8.16. The third kappa shape index (κ3) is 4.66. The Hall–Kier alpha value is 0.343. The van der Waals surface area contributed by atoms with E-state index < -0.39 is 0 Å². The first-order valence-electron chi connectivity index (χ1n) is 6.40. The normalized spacial score (nSPS) is 13.9. The fourth-order valence-corrected chi connectivity index (χ4v) is 4.81. The fraction of sp³-hybridized carbons (Fsp3) is 0.250. The van der Waals surface area contributed by atoms with Crippen LogP contribution in [0.3, 0.4) is 0 Å². The summed E-state index contributed by atoms with van der Waals surface area (Å²) in [7, 11) is 0. The Morgan fingerprint density at radius 3 is 2.05 bits per heavy atom. The molecule has 2 aromatic heterocycles. The second-order valence-corrected chi connectivity index (χ2v) is 7.71. The first kappa shape index (κ1) is 19.4. The molecule has 2 aliphatic carbocycles. The molecule has 0 N–H and O–H groups in total. The molecular formula is C16H15Cl2S2Zr. The average molecular weight is 434 g/mol. The Morgan fingerprint density at radius 2 is 1.52 bits per heavy atom. The van der Waals surface area contributed by atoms with E-state index in [0.717, 1.165) is 0 Å². The molecule has 0 amide bonds. The van der Waals surface area contributed by atoms with Gasteiger partial charge in [-0.2, -0.15) is 0 Å². The molecule has 21 heavy (non-hydrogen) atoms. The Bertz CT molecular complexity index is 653. The minimum atomic E-state index is 0. The van der Waals surface area contributed by atoms with Crippen LogP contribution in [0.5, 0.6) is 0 Å². The van der Waals surface area contributed by atoms with Crippen molar-refractivity contribution in [3.63, 3.8) is 0 Å². The van der Waals surface area contributed by atoms with Crippen molar-refractivity contribution in [2.45, 2.75) is 23.9 Å². The second kappa shape index (κ2) is 8.84. The molecule has 0 unspecified atom stereocenters. The summed E-state index contributed by atoms with van der Waals surface area (Å²) in [5.74, 6) is 0. The van der Waals surface area contributed by atoms with Gasteiger partial charge in [0.15, 0.2) is 0 Å². The first-order chi connectivity index (χ1) is 9.26. The number of allylic oxidation sites excluding steroid dienone is 2. The molecule has 109 valence electrons. The van der Waals surface area contributed by atoms with Crippen LogP contribution in [0, 0.1) is 0 Å². The Morgan fingerprint density at radius 1 is 0.952 bits per heavy atom. The third-order valence-corrected chi connectivity index (χ3v) is 6.32. The molecule has 0 nitrogen and oxygen atoms in total. The number of halogens is 2. The van der Waals surface area contributed by atoms with E-state index >= 15 is 0 Å². The van der Waals surface area contributed by atoms with Crippen molar-refractivity contribution in [2.75, 3.05) is 0 Å². The van der Waals surface area contributed by atoms with Gasteiger partial charge in [-0.15, -0.1) is 11.3 Å². The molecule has 0 atom stereocenters. The number of rotatable bonds is 1. The zero-order chi connectivity index (χ0) is 13.2. The van der Waals surface area contributed by atoms with Gasteiger partial charge in [0, 0.05) is 4.88 Å². The molecule has 2 heterocycles. The molecule has 0 saturated heterocycles. The summed E-state index contributed by atoms with van der Waals surface area (Å²) in [6.45, 7) is 2.19. The molecule has 2 aliphatic rings. The van der Waals surface area contributed by atoms with Gasteiger partial charge >= 0.3 is 80.1 Å². The van der Waals surface area contributed by atoms with Crippen molar-refractivity contribution in [1.29, 1.82) is 0 Å². The first-order valence-corrected chi connectivity index (χ1v) is 9.90. The molecule has 4 rings (SSSR count). The van der Waals surface area contributed by atoms with Gasteiger partial charge in [-0.25, -0.2) is 0 Å². The predicted octanol–water partition coefficient (Wildman–Crippen LogP) is -0.632. The summed E-state index contributed by atoms with van der Waals surface area (Å²) in [6, 6.07) is 4.46. The van der Waals surface area contributed by atoms with Crippen LogP contribution >= 0.6 is 22.7 Å². The van der Waals surface area contributed by atoms with Crippen LogP contribution in [0.25, 0.3) is 12.2 Å². The van der Waals surface area contributed by atoms with Gasteiger partial charge in [0.25, 0.3) is 0 Å². The van der Waals surface area contributed by atoms with Gasteiger partial charge < -0.3 is 24.8 Å². The van der Waals surface area contributed by atoms with Gasteiger partial charge in [0.05, 0.1) is 0 Å². The van der Waals surface area contributed by atoms with E-state index in [0.29, 0.717) is 0 Å². The van der Waals surface area contributed by atoms with Gasteiger partial charge in [-0.05, 0) is 36.4 Å². The molecule has 0 aliphatic heterocycles. The molecule has 0 saturated carbocycles. The quantitative estimate of drug-likeness (QED) is 0.562. The van der Waals surface area contributed by atoms with Crippen LogP contribution in [-0.4, -0.2) is 0 Å². The molecule has 0 spiro atoms. The summed E-state index contributed by atoms with van der Waals surface area (Å²) >= 11 is 5.34. The van der Waals surface area contributed by atoms with E-state index in [1.54, 1.807) is 35.9 Å². The van der Waals surface area contributed by atoms with E-state index in [1.165, 1.54) is 37.9 Å². The summed E-state index contributed by atoms with van der Waals surface area (Å²) in [5.41, 5.74) is 6.18. The van der Waals surface area contributed by atoms with Gasteiger partial charge in [0.2, 0.25) is 0 Å². The fourth-order valence-electron chi connectivity index (χ4n) is 2.41. The van der Waals surface area contributed by atoms with Crippen molar-refractivity contribution in [3.8, 4) is 0 Å². The van der Waals surface area contributed by atoms with Crippen molar-refractivity contribution in [3.05, 3.63) is 54.9 Å². The maximum absolute atomic E-state index is 2.36. The van der Waals surface area contributed by atoms with Crippen LogP contribution in [0.2, 0.25) is 4.13 Å². The summed E-state index contributed by atoms with van der Waals surface area (Å²) in [6.07, 6.45) is 7.04. The molecule has 2 aromatic rings. The number of fused-ring (bicyclic) bond motifs is 2. The molecule has 5 heteroatoms. The van der Waals surface area contributed by atoms with E-state index in [2.05, 4.69) is 42.0 Å². The molecular weight excluding hydrogens is 418 g/mol. The van der Waals surface area contributed by atoms with E-state index in [4.69, 9.17) is 0 Å². The van der Waals surface area contributed by atoms with Crippen LogP contribution in [-0.2, 0) is 37.6 Å². The van der Waals surface area contributed by atoms with E-state index in [9.17, 15) is 0 Å². The SMILES string of the molecule is CC1=Cc2sccc2C1.[Cl-].[Cl-].[Zr+2][CH2]C1=Cc2sccc2C1. The summed E-state index contributed by atoms with van der Waals surface area (Å²) < 4.78 is 1.30. The molecule has 0 fully saturated rings. The summed E-state index contributed by atoms with van der Waals surface area (Å²) in [4.78, 5) is 2.96. The Labute approximate surface area is 162 Å². The number of hydrogen-bond acceptors (Lipinski definition) is 2. The Balaban J connectivity index is 0.000000192. The zero-order valence-electron chi connectivity index (χ0n) is 11.7. The van der Waals surface area contributed by atoms with Gasteiger partial charge in [-0.1, -0.05) is 5.57 Å². The zero-order valence-corrected chi connectivity index (χ0v) is 17.3. The van der Waals surface area contributed by atoms with E-state index in [-0.39, 0.29) is 24.8 Å². The average Bonchev–Trinajstić information content (AvgIpc) is 3.06. The van der Waals surface area contributed by atoms with Crippen LogP contribution in [0.4, 0.5) is 0 Å². The van der Waals surface area contributed by atoms with Crippen molar-refractivity contribution in [2.24, 2.45) is 0 Å². The molecule has 0 aromatic carbocycles. The third-order valence-electron chi connectivity index (χ3n) is 3.39. The standard InChI is InChI=1S/C8H8S.C8H7S.2ClH.Zr/c2*1-6-4-7-2-3-9-8(7)5-6;;;/h2-3,5H,4H2,1H3;2-3,5H,1,4H2;2*1H;/q;;;;+2/p-2. The van der Waals surface area contributed by atoms with Crippen molar-refractivity contribution < 1.29 is 49.5 Å².